The van der Waals surface area contributed by atoms with Gasteiger partial charge in [-0.15, -0.1) is 0 Å². The summed E-state index contributed by atoms with van der Waals surface area (Å²) in [6.45, 7) is 3.88. The van der Waals surface area contributed by atoms with Gasteiger partial charge in [0, 0.05) is 42.8 Å². The van der Waals surface area contributed by atoms with Crippen LogP contribution in [0.5, 0.6) is 0 Å². The quantitative estimate of drug-likeness (QED) is 0.852. The molecule has 0 amide bonds. The van der Waals surface area contributed by atoms with E-state index in [-0.39, 0.29) is 17.1 Å². The number of hydrogen-bond acceptors (Lipinski definition) is 4. The van der Waals surface area contributed by atoms with Gasteiger partial charge in [0.15, 0.2) is 0 Å². The highest BCUT2D eigenvalue weighted by molar-refractivity contribution is 9.10. The molecule has 21 heavy (non-hydrogen) atoms. The molecule has 8 heteroatoms. The molecule has 0 bridgehead atoms. The highest BCUT2D eigenvalue weighted by atomic mass is 79.9. The van der Waals surface area contributed by atoms with E-state index in [9.17, 15) is 12.8 Å². The maximum absolute atomic E-state index is 13.8. The van der Waals surface area contributed by atoms with Gasteiger partial charge in [-0.05, 0) is 19.1 Å². The molecular weight excluding hydrogens is 363 g/mol. The predicted octanol–water partition coefficient (Wildman–Crippen LogP) is 1.20. The summed E-state index contributed by atoms with van der Waals surface area (Å²) in [5, 5.41) is 8.90. The molecular formula is C13H18BrFN2O3S. The first-order valence-electron chi connectivity index (χ1n) is 6.65. The molecule has 0 saturated carbocycles. The van der Waals surface area contributed by atoms with E-state index in [1.165, 1.54) is 23.4 Å². The van der Waals surface area contributed by atoms with Gasteiger partial charge in [-0.3, -0.25) is 4.90 Å². The van der Waals surface area contributed by atoms with Crippen LogP contribution in [0.25, 0.3) is 0 Å². The van der Waals surface area contributed by atoms with Crippen molar-refractivity contribution in [2.75, 3.05) is 39.3 Å². The second-order valence-corrected chi connectivity index (χ2v) is 7.80. The fraction of sp³-hybridized carbons (Fsp3) is 0.538. The molecule has 1 saturated heterocycles. The van der Waals surface area contributed by atoms with Gasteiger partial charge in [0.25, 0.3) is 0 Å². The Balaban J connectivity index is 2.24. The highest BCUT2D eigenvalue weighted by Gasteiger charge is 2.30. The van der Waals surface area contributed by atoms with Gasteiger partial charge in [0.2, 0.25) is 10.0 Å². The van der Waals surface area contributed by atoms with Gasteiger partial charge in [-0.25, -0.2) is 12.8 Å². The molecule has 1 aliphatic rings. The molecule has 1 aromatic carbocycles. The lowest BCUT2D eigenvalue weighted by atomic mass is 10.2. The number of benzene rings is 1. The summed E-state index contributed by atoms with van der Waals surface area (Å²) in [6, 6.07) is 2.70. The van der Waals surface area contributed by atoms with Crippen molar-refractivity contribution in [1.29, 1.82) is 0 Å². The maximum Gasteiger partial charge on any atom is 0.243 e. The number of aliphatic hydroxyl groups excluding tert-OH is 1. The van der Waals surface area contributed by atoms with Crippen LogP contribution in [0.15, 0.2) is 21.5 Å². The van der Waals surface area contributed by atoms with E-state index in [2.05, 4.69) is 15.9 Å². The van der Waals surface area contributed by atoms with Crippen LogP contribution in [0.1, 0.15) is 5.56 Å². The minimum atomic E-state index is -3.70. The fourth-order valence-electron chi connectivity index (χ4n) is 2.36. The van der Waals surface area contributed by atoms with Crippen LogP contribution in [0.4, 0.5) is 4.39 Å². The minimum Gasteiger partial charge on any atom is -0.395 e. The molecule has 5 nitrogen and oxygen atoms in total. The Labute approximate surface area is 132 Å². The first-order valence-corrected chi connectivity index (χ1v) is 8.88. The average Bonchev–Trinajstić information content (AvgIpc) is 2.43. The Morgan fingerprint density at radius 2 is 1.90 bits per heavy atom. The molecule has 1 aromatic rings. The molecule has 0 spiro atoms. The first-order chi connectivity index (χ1) is 9.86. The van der Waals surface area contributed by atoms with Crippen LogP contribution in [0.3, 0.4) is 0 Å². The summed E-state index contributed by atoms with van der Waals surface area (Å²) in [5.74, 6) is -0.540. The summed E-state index contributed by atoms with van der Waals surface area (Å²) < 4.78 is 40.8. The molecule has 0 unspecified atom stereocenters. The van der Waals surface area contributed by atoms with Gasteiger partial charge in [-0.2, -0.15) is 4.31 Å². The van der Waals surface area contributed by atoms with Crippen molar-refractivity contribution in [3.05, 3.63) is 28.0 Å². The number of sulfonamides is 1. The lowest BCUT2D eigenvalue weighted by Gasteiger charge is -2.33. The smallest absolute Gasteiger partial charge is 0.243 e. The van der Waals surface area contributed by atoms with Crippen molar-refractivity contribution in [3.8, 4) is 0 Å². The molecule has 0 aromatic heterocycles. The van der Waals surface area contributed by atoms with Crippen LogP contribution >= 0.6 is 15.9 Å². The molecule has 0 radical (unpaired) electrons. The zero-order valence-electron chi connectivity index (χ0n) is 11.7. The third-order valence-electron chi connectivity index (χ3n) is 3.63. The van der Waals surface area contributed by atoms with E-state index in [1.807, 2.05) is 4.90 Å². The van der Waals surface area contributed by atoms with Crippen LogP contribution in [-0.4, -0.2) is 62.1 Å². The number of piperazine rings is 1. The fourth-order valence-corrected chi connectivity index (χ4v) is 4.63. The molecule has 1 heterocycles. The molecule has 0 aliphatic carbocycles. The van der Waals surface area contributed by atoms with Crippen LogP contribution in [0.2, 0.25) is 0 Å². The van der Waals surface area contributed by atoms with Crippen molar-refractivity contribution >= 4 is 26.0 Å². The number of halogens is 2. The Morgan fingerprint density at radius 3 is 2.48 bits per heavy atom. The molecule has 1 N–H and O–H groups in total. The number of nitrogens with zero attached hydrogens (tertiary/aromatic N) is 2. The minimum absolute atomic E-state index is 0.00461. The topological polar surface area (TPSA) is 60.9 Å². The zero-order valence-corrected chi connectivity index (χ0v) is 14.1. The van der Waals surface area contributed by atoms with Crippen molar-refractivity contribution < 1.29 is 17.9 Å². The summed E-state index contributed by atoms with van der Waals surface area (Å²) in [7, 11) is -3.70. The standard InChI is InChI=1S/C13H18BrFN2O3S/c1-10-12(15)8-11(14)9-13(10)21(19,20)17-4-2-16(3-5-17)6-7-18/h8-9,18H,2-7H2,1H3. The van der Waals surface area contributed by atoms with E-state index < -0.39 is 15.8 Å². The molecule has 2 rings (SSSR count). The largest absolute Gasteiger partial charge is 0.395 e. The SMILES string of the molecule is Cc1c(F)cc(Br)cc1S(=O)(=O)N1CCN(CCO)CC1. The third-order valence-corrected chi connectivity index (χ3v) is 6.11. The Hall–Kier alpha value is -0.540. The van der Waals surface area contributed by atoms with E-state index in [0.717, 1.165) is 0 Å². The zero-order chi connectivity index (χ0) is 15.6. The van der Waals surface area contributed by atoms with E-state index in [0.29, 0.717) is 37.2 Å². The van der Waals surface area contributed by atoms with E-state index in [4.69, 9.17) is 5.11 Å². The van der Waals surface area contributed by atoms with Crippen molar-refractivity contribution in [1.82, 2.24) is 9.21 Å². The number of β-amino-alcohol motifs (C(OH)–C–C–N with tert-alkyl or cyclic N) is 1. The predicted molar refractivity (Wildman–Crippen MR) is 81.1 cm³/mol. The van der Waals surface area contributed by atoms with Gasteiger partial charge in [-0.1, -0.05) is 15.9 Å². The summed E-state index contributed by atoms with van der Waals surface area (Å²) in [6.07, 6.45) is 0. The third kappa shape index (κ3) is 3.62. The molecule has 118 valence electrons. The molecule has 0 atom stereocenters. The summed E-state index contributed by atoms with van der Waals surface area (Å²) in [4.78, 5) is 2.00. The lowest BCUT2D eigenvalue weighted by molar-refractivity contribution is 0.151. The highest BCUT2D eigenvalue weighted by Crippen LogP contribution is 2.26. The van der Waals surface area contributed by atoms with E-state index >= 15 is 0 Å². The normalized spacial score (nSPS) is 18.1. The number of rotatable bonds is 4. The second-order valence-electron chi connectivity index (χ2n) is 4.98. The second kappa shape index (κ2) is 6.70. The summed E-state index contributed by atoms with van der Waals surface area (Å²) in [5.41, 5.74) is 0.135. The van der Waals surface area contributed by atoms with Gasteiger partial charge >= 0.3 is 0 Å². The van der Waals surface area contributed by atoms with Crippen LogP contribution in [0, 0.1) is 12.7 Å². The van der Waals surface area contributed by atoms with Crippen molar-refractivity contribution in [2.45, 2.75) is 11.8 Å². The summed E-state index contributed by atoms with van der Waals surface area (Å²) >= 11 is 3.13. The Morgan fingerprint density at radius 1 is 1.29 bits per heavy atom. The Bertz CT molecular complexity index is 616. The average molecular weight is 381 g/mol. The van der Waals surface area contributed by atoms with Gasteiger partial charge in [0.05, 0.1) is 11.5 Å². The van der Waals surface area contributed by atoms with Crippen molar-refractivity contribution in [3.63, 3.8) is 0 Å². The van der Waals surface area contributed by atoms with Gasteiger partial charge in [0.1, 0.15) is 5.82 Å². The number of hydrogen-bond donors (Lipinski definition) is 1. The molecule has 1 aliphatic heterocycles. The monoisotopic (exact) mass is 380 g/mol. The number of aliphatic hydroxyl groups is 1. The van der Waals surface area contributed by atoms with Crippen LogP contribution in [-0.2, 0) is 10.0 Å². The van der Waals surface area contributed by atoms with E-state index in [1.54, 1.807) is 0 Å². The molecule has 1 fully saturated rings. The Kier molecular flexibility index (Phi) is 5.37. The lowest BCUT2D eigenvalue weighted by Crippen LogP contribution is -2.49. The maximum atomic E-state index is 13.8. The van der Waals surface area contributed by atoms with Crippen molar-refractivity contribution in [2.24, 2.45) is 0 Å². The van der Waals surface area contributed by atoms with Crippen LogP contribution < -0.4 is 0 Å². The first kappa shape index (κ1) is 16.8. The van der Waals surface area contributed by atoms with Gasteiger partial charge < -0.3 is 5.11 Å².